The molecule has 0 radical (unpaired) electrons. The minimum Gasteiger partial charge on any atom is -0.385 e. The molecule has 1 aromatic carbocycles. The molecule has 0 aliphatic carbocycles. The number of benzene rings is 1. The van der Waals surface area contributed by atoms with Crippen LogP contribution in [0.25, 0.3) is 0 Å². The highest BCUT2D eigenvalue weighted by Crippen LogP contribution is 2.10. The van der Waals surface area contributed by atoms with Gasteiger partial charge in [-0.05, 0) is 37.4 Å². The minimum absolute atomic E-state index is 0.101. The van der Waals surface area contributed by atoms with Gasteiger partial charge in [-0.25, -0.2) is 0 Å². The second-order valence-corrected chi connectivity index (χ2v) is 5.29. The fraction of sp³-hybridized carbons (Fsp3) is 0.200. The quantitative estimate of drug-likeness (QED) is 0.677. The third-order valence-electron chi connectivity index (χ3n) is 2.61. The van der Waals surface area contributed by atoms with Crippen LogP contribution in [0, 0.1) is 6.92 Å². The Kier molecular flexibility index (Phi) is 4.90. The predicted molar refractivity (Wildman–Crippen MR) is 82.3 cm³/mol. The van der Waals surface area contributed by atoms with Crippen molar-refractivity contribution in [3.8, 4) is 0 Å². The van der Waals surface area contributed by atoms with Crippen molar-refractivity contribution in [3.05, 3.63) is 52.2 Å². The van der Waals surface area contributed by atoms with Crippen molar-refractivity contribution in [2.24, 2.45) is 5.16 Å². The fourth-order valence-corrected chi connectivity index (χ4v) is 2.22. The van der Waals surface area contributed by atoms with Gasteiger partial charge >= 0.3 is 0 Å². The molecule has 0 spiro atoms. The van der Waals surface area contributed by atoms with Gasteiger partial charge in [0.2, 0.25) is 0 Å². The highest BCUT2D eigenvalue weighted by Gasteiger charge is 2.03. The molecule has 1 N–H and O–H groups in total. The zero-order valence-electron chi connectivity index (χ0n) is 11.4. The van der Waals surface area contributed by atoms with Crippen LogP contribution in [0.2, 0.25) is 0 Å². The van der Waals surface area contributed by atoms with E-state index in [1.165, 1.54) is 0 Å². The molecule has 104 valence electrons. The maximum absolute atomic E-state index is 11.7. The lowest BCUT2D eigenvalue weighted by Crippen LogP contribution is -2.17. The van der Waals surface area contributed by atoms with E-state index in [0.29, 0.717) is 0 Å². The Morgan fingerprint density at radius 1 is 1.30 bits per heavy atom. The zero-order chi connectivity index (χ0) is 14.4. The van der Waals surface area contributed by atoms with Gasteiger partial charge in [0.15, 0.2) is 6.61 Å². The summed E-state index contributed by atoms with van der Waals surface area (Å²) in [7, 11) is 0. The fourth-order valence-electron chi connectivity index (χ4n) is 1.55. The summed E-state index contributed by atoms with van der Waals surface area (Å²) < 4.78 is 0. The number of rotatable bonds is 5. The molecule has 1 amide bonds. The van der Waals surface area contributed by atoms with E-state index in [1.807, 2.05) is 55.6 Å². The lowest BCUT2D eigenvalue weighted by molar-refractivity contribution is -0.120. The number of oxime groups is 1. The van der Waals surface area contributed by atoms with E-state index < -0.39 is 0 Å². The summed E-state index contributed by atoms with van der Waals surface area (Å²) >= 11 is 1.58. The maximum Gasteiger partial charge on any atom is 0.265 e. The van der Waals surface area contributed by atoms with E-state index in [2.05, 4.69) is 10.5 Å². The average Bonchev–Trinajstić information content (AvgIpc) is 2.95. The lowest BCUT2D eigenvalue weighted by atomic mass is 10.2. The molecule has 2 aromatic rings. The molecule has 0 atom stereocenters. The van der Waals surface area contributed by atoms with E-state index in [4.69, 9.17) is 4.84 Å². The number of carbonyl (C=O) groups is 1. The topological polar surface area (TPSA) is 50.7 Å². The first kappa shape index (κ1) is 14.3. The first-order chi connectivity index (χ1) is 9.65. The van der Waals surface area contributed by atoms with Crippen LogP contribution in [0.5, 0.6) is 0 Å². The predicted octanol–water partition coefficient (Wildman–Crippen LogP) is 3.44. The van der Waals surface area contributed by atoms with Crippen molar-refractivity contribution < 1.29 is 9.63 Å². The zero-order valence-corrected chi connectivity index (χ0v) is 12.2. The molecule has 2 rings (SSSR count). The van der Waals surface area contributed by atoms with Crippen LogP contribution >= 0.6 is 11.3 Å². The molecule has 1 aromatic heterocycles. The summed E-state index contributed by atoms with van der Waals surface area (Å²) in [6.07, 6.45) is 0. The monoisotopic (exact) mass is 288 g/mol. The molecular formula is C15H16N2O2S. The summed E-state index contributed by atoms with van der Waals surface area (Å²) in [6, 6.07) is 11.5. The lowest BCUT2D eigenvalue weighted by Gasteiger charge is -2.05. The summed E-state index contributed by atoms with van der Waals surface area (Å²) in [6.45, 7) is 3.75. The molecule has 0 bridgehead atoms. The molecule has 5 heteroatoms. The van der Waals surface area contributed by atoms with E-state index in [9.17, 15) is 4.79 Å². The second-order valence-electron chi connectivity index (χ2n) is 4.34. The van der Waals surface area contributed by atoms with E-state index >= 15 is 0 Å². The van der Waals surface area contributed by atoms with Crippen molar-refractivity contribution in [1.29, 1.82) is 0 Å². The number of nitrogens with zero attached hydrogens (tertiary/aromatic N) is 1. The van der Waals surface area contributed by atoms with Gasteiger partial charge in [0, 0.05) is 5.69 Å². The number of hydrogen-bond donors (Lipinski definition) is 1. The van der Waals surface area contributed by atoms with Gasteiger partial charge in [-0.1, -0.05) is 28.9 Å². The number of hydrogen-bond acceptors (Lipinski definition) is 4. The van der Waals surface area contributed by atoms with E-state index in [0.717, 1.165) is 21.8 Å². The van der Waals surface area contributed by atoms with E-state index in [-0.39, 0.29) is 12.5 Å². The molecule has 0 aliphatic heterocycles. The Balaban J connectivity index is 1.81. The highest BCUT2D eigenvalue weighted by atomic mass is 32.1. The molecule has 1 heterocycles. The number of anilines is 1. The summed E-state index contributed by atoms with van der Waals surface area (Å²) in [5.74, 6) is -0.225. The van der Waals surface area contributed by atoms with Gasteiger partial charge in [-0.3, -0.25) is 4.79 Å². The number of nitrogens with one attached hydrogen (secondary N) is 1. The largest absolute Gasteiger partial charge is 0.385 e. The van der Waals surface area contributed by atoms with Crippen molar-refractivity contribution in [1.82, 2.24) is 0 Å². The van der Waals surface area contributed by atoms with Gasteiger partial charge in [0.1, 0.15) is 0 Å². The Hall–Kier alpha value is -2.14. The Morgan fingerprint density at radius 3 is 2.70 bits per heavy atom. The Morgan fingerprint density at radius 2 is 2.05 bits per heavy atom. The number of aryl methyl sites for hydroxylation is 1. The van der Waals surface area contributed by atoms with Gasteiger partial charge in [0.25, 0.3) is 5.91 Å². The van der Waals surface area contributed by atoms with Crippen LogP contribution in [0.15, 0.2) is 46.9 Å². The molecule has 0 saturated carbocycles. The molecule has 0 saturated heterocycles. The molecular weight excluding hydrogens is 272 g/mol. The number of amides is 1. The number of thiophene rings is 1. The SMILES string of the molecule is C/C(=N/OCC(=O)Nc1ccc(C)cc1)c1cccs1. The van der Waals surface area contributed by atoms with Gasteiger partial charge in [0.05, 0.1) is 10.6 Å². The van der Waals surface area contributed by atoms with E-state index in [1.54, 1.807) is 11.3 Å². The van der Waals surface area contributed by atoms with Crippen LogP contribution in [0.1, 0.15) is 17.4 Å². The van der Waals surface area contributed by atoms with Crippen molar-refractivity contribution >= 4 is 28.6 Å². The Bertz CT molecular complexity index is 589. The summed E-state index contributed by atoms with van der Waals surface area (Å²) in [5, 5.41) is 8.65. The van der Waals surface area contributed by atoms with Crippen LogP contribution in [-0.4, -0.2) is 18.2 Å². The third-order valence-corrected chi connectivity index (χ3v) is 3.59. The van der Waals surface area contributed by atoms with Crippen molar-refractivity contribution in [3.63, 3.8) is 0 Å². The average molecular weight is 288 g/mol. The normalized spacial score (nSPS) is 11.2. The smallest absolute Gasteiger partial charge is 0.265 e. The summed E-state index contributed by atoms with van der Waals surface area (Å²) in [4.78, 5) is 17.8. The van der Waals surface area contributed by atoms with Gasteiger partial charge < -0.3 is 10.2 Å². The summed E-state index contributed by atoms with van der Waals surface area (Å²) in [5.41, 5.74) is 2.67. The van der Waals surface area contributed by atoms with Crippen molar-refractivity contribution in [2.75, 3.05) is 11.9 Å². The molecule has 20 heavy (non-hydrogen) atoms. The molecule has 4 nitrogen and oxygen atoms in total. The molecule has 0 aliphatic rings. The molecule has 0 fully saturated rings. The Labute approximate surface area is 122 Å². The third kappa shape index (κ3) is 4.20. The van der Waals surface area contributed by atoms with Gasteiger partial charge in [-0.15, -0.1) is 11.3 Å². The standard InChI is InChI=1S/C15H16N2O2S/c1-11-5-7-13(8-6-11)16-15(18)10-19-17-12(2)14-4-3-9-20-14/h3-9H,10H2,1-2H3,(H,16,18)/b17-12-. The van der Waals surface area contributed by atoms with Crippen LogP contribution in [0.3, 0.4) is 0 Å². The van der Waals surface area contributed by atoms with Crippen LogP contribution < -0.4 is 5.32 Å². The first-order valence-electron chi connectivity index (χ1n) is 6.22. The van der Waals surface area contributed by atoms with Crippen LogP contribution in [0.4, 0.5) is 5.69 Å². The number of carbonyl (C=O) groups excluding carboxylic acids is 1. The first-order valence-corrected chi connectivity index (χ1v) is 7.10. The highest BCUT2D eigenvalue weighted by molar-refractivity contribution is 7.12. The minimum atomic E-state index is -0.225. The van der Waals surface area contributed by atoms with Crippen molar-refractivity contribution in [2.45, 2.75) is 13.8 Å². The molecule has 0 unspecified atom stereocenters. The van der Waals surface area contributed by atoms with Gasteiger partial charge in [-0.2, -0.15) is 0 Å². The second kappa shape index (κ2) is 6.86. The van der Waals surface area contributed by atoms with Crippen LogP contribution in [-0.2, 0) is 9.63 Å². The maximum atomic E-state index is 11.7.